The smallest absolute Gasteiger partial charge is 0.414 e. The summed E-state index contributed by atoms with van der Waals surface area (Å²) >= 11 is 0. The van der Waals surface area contributed by atoms with Crippen molar-refractivity contribution >= 4 is 0 Å². The van der Waals surface area contributed by atoms with E-state index in [2.05, 4.69) is 5.32 Å². The van der Waals surface area contributed by atoms with Gasteiger partial charge < -0.3 is 14.5 Å². The first-order valence-electron chi connectivity index (χ1n) is 4.83. The number of furan rings is 1. The Balaban J connectivity index is 2.51. The highest BCUT2D eigenvalue weighted by molar-refractivity contribution is 5.15. The maximum absolute atomic E-state index is 12.2. The van der Waals surface area contributed by atoms with Gasteiger partial charge in [-0.25, -0.2) is 0 Å². The van der Waals surface area contributed by atoms with Crippen molar-refractivity contribution in [1.29, 1.82) is 0 Å². The zero-order valence-corrected chi connectivity index (χ0v) is 9.10. The summed E-state index contributed by atoms with van der Waals surface area (Å²) in [5.41, 5.74) is 0.803. The SMILES string of the molecule is CNCc1ccoc1COC(C)C(F)(F)F. The van der Waals surface area contributed by atoms with Gasteiger partial charge in [-0.3, -0.25) is 0 Å². The van der Waals surface area contributed by atoms with Crippen molar-refractivity contribution in [3.05, 3.63) is 23.7 Å². The normalized spacial score (nSPS) is 14.1. The predicted octanol–water partition coefficient (Wildman–Crippen LogP) is 2.47. The Morgan fingerprint density at radius 2 is 2.19 bits per heavy atom. The van der Waals surface area contributed by atoms with Gasteiger partial charge >= 0.3 is 6.18 Å². The molecule has 0 fully saturated rings. The number of nitrogens with one attached hydrogen (secondary N) is 1. The summed E-state index contributed by atoms with van der Waals surface area (Å²) in [4.78, 5) is 0. The summed E-state index contributed by atoms with van der Waals surface area (Å²) in [5.74, 6) is 0.422. The third-order valence-electron chi connectivity index (χ3n) is 2.13. The van der Waals surface area contributed by atoms with Crippen LogP contribution in [0.3, 0.4) is 0 Å². The summed E-state index contributed by atoms with van der Waals surface area (Å²) in [7, 11) is 1.75. The Bertz CT molecular complexity index is 322. The van der Waals surface area contributed by atoms with Crippen LogP contribution >= 0.6 is 0 Å². The minimum atomic E-state index is -4.34. The van der Waals surface area contributed by atoms with Crippen molar-refractivity contribution in [2.45, 2.75) is 32.4 Å². The first-order valence-corrected chi connectivity index (χ1v) is 4.83. The fourth-order valence-electron chi connectivity index (χ4n) is 1.14. The monoisotopic (exact) mass is 237 g/mol. The van der Waals surface area contributed by atoms with Gasteiger partial charge in [-0.15, -0.1) is 0 Å². The van der Waals surface area contributed by atoms with Crippen LogP contribution in [0.4, 0.5) is 13.2 Å². The Hall–Kier alpha value is -1.01. The molecule has 0 spiro atoms. The summed E-state index contributed by atoms with van der Waals surface area (Å²) < 4.78 is 46.2. The fraction of sp³-hybridized carbons (Fsp3) is 0.600. The molecule has 16 heavy (non-hydrogen) atoms. The van der Waals surface area contributed by atoms with Crippen molar-refractivity contribution < 1.29 is 22.3 Å². The van der Waals surface area contributed by atoms with E-state index in [1.807, 2.05) is 0 Å². The Kier molecular flexibility index (Phi) is 4.37. The lowest BCUT2D eigenvalue weighted by Crippen LogP contribution is -2.28. The maximum Gasteiger partial charge on any atom is 0.414 e. The van der Waals surface area contributed by atoms with Crippen LogP contribution in [-0.2, 0) is 17.9 Å². The van der Waals surface area contributed by atoms with E-state index in [1.165, 1.54) is 6.26 Å². The molecule has 0 saturated heterocycles. The molecule has 1 aromatic heterocycles. The van der Waals surface area contributed by atoms with E-state index in [4.69, 9.17) is 9.15 Å². The first-order chi connectivity index (χ1) is 7.45. The number of halogens is 3. The molecule has 0 aliphatic rings. The van der Waals surface area contributed by atoms with Crippen LogP contribution in [0.15, 0.2) is 16.7 Å². The van der Waals surface area contributed by atoms with Crippen molar-refractivity contribution in [1.82, 2.24) is 5.32 Å². The highest BCUT2D eigenvalue weighted by atomic mass is 19.4. The molecule has 1 N–H and O–H groups in total. The van der Waals surface area contributed by atoms with E-state index in [0.29, 0.717) is 12.3 Å². The quantitative estimate of drug-likeness (QED) is 0.854. The van der Waals surface area contributed by atoms with Gasteiger partial charge in [0.2, 0.25) is 0 Å². The zero-order chi connectivity index (χ0) is 12.2. The minimum Gasteiger partial charge on any atom is -0.467 e. The molecular weight excluding hydrogens is 223 g/mol. The van der Waals surface area contributed by atoms with E-state index in [1.54, 1.807) is 13.1 Å². The van der Waals surface area contributed by atoms with Crippen molar-refractivity contribution in [3.8, 4) is 0 Å². The van der Waals surface area contributed by atoms with Gasteiger partial charge in [0.05, 0.1) is 6.26 Å². The van der Waals surface area contributed by atoms with E-state index < -0.39 is 12.3 Å². The van der Waals surface area contributed by atoms with Crippen LogP contribution in [0.2, 0.25) is 0 Å². The molecule has 0 aromatic carbocycles. The molecular formula is C10H14F3NO2. The summed E-state index contributed by atoms with van der Waals surface area (Å²) in [6.45, 7) is 1.33. The van der Waals surface area contributed by atoms with Gasteiger partial charge in [0.15, 0.2) is 6.10 Å². The fourth-order valence-corrected chi connectivity index (χ4v) is 1.14. The van der Waals surface area contributed by atoms with Crippen molar-refractivity contribution in [3.63, 3.8) is 0 Å². The average Bonchev–Trinajstić information content (AvgIpc) is 2.61. The number of alkyl halides is 3. The van der Waals surface area contributed by atoms with Crippen LogP contribution in [0.5, 0.6) is 0 Å². The Morgan fingerprint density at radius 3 is 2.75 bits per heavy atom. The second kappa shape index (κ2) is 5.36. The number of hydrogen-bond acceptors (Lipinski definition) is 3. The molecule has 0 bridgehead atoms. The first kappa shape index (κ1) is 13.1. The van der Waals surface area contributed by atoms with Gasteiger partial charge in [0.1, 0.15) is 12.4 Å². The molecule has 6 heteroatoms. The van der Waals surface area contributed by atoms with Crippen LogP contribution in [0.1, 0.15) is 18.2 Å². The lowest BCUT2D eigenvalue weighted by Gasteiger charge is -2.15. The summed E-state index contributed by atoms with van der Waals surface area (Å²) in [6.07, 6.45) is -4.70. The molecule has 3 nitrogen and oxygen atoms in total. The molecule has 0 amide bonds. The molecule has 0 aliphatic carbocycles. The number of ether oxygens (including phenoxy) is 1. The van der Waals surface area contributed by atoms with E-state index >= 15 is 0 Å². The molecule has 1 unspecified atom stereocenters. The zero-order valence-electron chi connectivity index (χ0n) is 9.10. The van der Waals surface area contributed by atoms with Crippen LogP contribution in [0.25, 0.3) is 0 Å². The molecule has 92 valence electrons. The number of rotatable bonds is 5. The van der Waals surface area contributed by atoms with Gasteiger partial charge in [0, 0.05) is 12.1 Å². The van der Waals surface area contributed by atoms with Crippen molar-refractivity contribution in [2.24, 2.45) is 0 Å². The molecule has 1 heterocycles. The average molecular weight is 237 g/mol. The molecule has 0 aliphatic heterocycles. The van der Waals surface area contributed by atoms with E-state index in [9.17, 15) is 13.2 Å². The topological polar surface area (TPSA) is 34.4 Å². The molecule has 0 saturated carbocycles. The van der Waals surface area contributed by atoms with Crippen LogP contribution in [-0.4, -0.2) is 19.3 Å². The lowest BCUT2D eigenvalue weighted by atomic mass is 10.2. The Morgan fingerprint density at radius 1 is 1.50 bits per heavy atom. The van der Waals surface area contributed by atoms with Crippen molar-refractivity contribution in [2.75, 3.05) is 7.05 Å². The summed E-state index contributed by atoms with van der Waals surface area (Å²) in [6, 6.07) is 1.70. The molecule has 1 aromatic rings. The van der Waals surface area contributed by atoms with Gasteiger partial charge in [0.25, 0.3) is 0 Å². The molecule has 1 rings (SSSR count). The third kappa shape index (κ3) is 3.53. The molecule has 1 atom stereocenters. The van der Waals surface area contributed by atoms with E-state index in [0.717, 1.165) is 12.5 Å². The van der Waals surface area contributed by atoms with Crippen LogP contribution in [0, 0.1) is 0 Å². The number of hydrogen-bond donors (Lipinski definition) is 1. The highest BCUT2D eigenvalue weighted by Gasteiger charge is 2.37. The second-order valence-corrected chi connectivity index (χ2v) is 3.39. The van der Waals surface area contributed by atoms with E-state index in [-0.39, 0.29) is 6.61 Å². The largest absolute Gasteiger partial charge is 0.467 e. The second-order valence-electron chi connectivity index (χ2n) is 3.39. The minimum absolute atomic E-state index is 0.176. The standard InChI is InChI=1S/C10H14F3NO2/c1-7(10(11,12)13)16-6-9-8(5-14-2)3-4-15-9/h3-4,7,14H,5-6H2,1-2H3. The van der Waals surface area contributed by atoms with Gasteiger partial charge in [-0.05, 0) is 20.0 Å². The van der Waals surface area contributed by atoms with Gasteiger partial charge in [-0.1, -0.05) is 0 Å². The Labute approximate surface area is 91.6 Å². The third-order valence-corrected chi connectivity index (χ3v) is 2.13. The van der Waals surface area contributed by atoms with Gasteiger partial charge in [-0.2, -0.15) is 13.2 Å². The van der Waals surface area contributed by atoms with Crippen LogP contribution < -0.4 is 5.32 Å². The maximum atomic E-state index is 12.2. The lowest BCUT2D eigenvalue weighted by molar-refractivity contribution is -0.218. The molecule has 0 radical (unpaired) electrons. The highest BCUT2D eigenvalue weighted by Crippen LogP contribution is 2.24. The summed E-state index contributed by atoms with van der Waals surface area (Å²) in [5, 5.41) is 2.89. The predicted molar refractivity (Wildman–Crippen MR) is 51.8 cm³/mol.